The van der Waals surface area contributed by atoms with Crippen molar-refractivity contribution >= 4 is 22.1 Å². The second-order valence-electron chi connectivity index (χ2n) is 13.9. The maximum Gasteiger partial charge on any atom is 1.00 e. The molecule has 0 N–H and O–H groups in total. The number of carbonyl (C=O) groups excluding carboxylic acids is 2. The zero-order valence-electron chi connectivity index (χ0n) is 33.9. The second-order valence-corrected chi connectivity index (χ2v) is 15.6. The molecule has 51 heavy (non-hydrogen) atoms. The Morgan fingerprint density at radius 1 is 0.510 bits per heavy atom. The third kappa shape index (κ3) is 31.1. The quantitative estimate of drug-likeness (QED) is 0.0387. The standard InChI is InChI=1S/C40H74O7S.3Na/c1-3-5-7-9-11-13-15-17-19-21-23-25-27-29-31-33-35-37(38(41)42)40(39(43)44,48(45,46)47)36-34-32-30-28-26-24-22-20-18-16-14-12-10-8-6-4-2;;;/h17-20,37H,3-16,21-36H2,1-2H3,(H,41,42)(H,43,44)(H,45,46,47);;;/q;3*+1/p-3/b19-17-,20-18-;;;. The van der Waals surface area contributed by atoms with Crippen LogP contribution in [-0.4, -0.2) is 29.7 Å². The fourth-order valence-electron chi connectivity index (χ4n) is 6.59. The number of aliphatic carboxylic acids is 2. The van der Waals surface area contributed by atoms with Gasteiger partial charge in [-0.05, 0) is 64.2 Å². The van der Waals surface area contributed by atoms with Gasteiger partial charge in [0.2, 0.25) is 0 Å². The van der Waals surface area contributed by atoms with Crippen LogP contribution in [0.25, 0.3) is 0 Å². The van der Waals surface area contributed by atoms with Crippen molar-refractivity contribution < 1.29 is 121 Å². The fourth-order valence-corrected chi connectivity index (χ4v) is 7.75. The first-order valence-corrected chi connectivity index (χ1v) is 21.2. The molecule has 0 aliphatic rings. The normalized spacial score (nSPS) is 13.3. The van der Waals surface area contributed by atoms with E-state index >= 15 is 0 Å². The molecule has 0 amide bonds. The van der Waals surface area contributed by atoms with E-state index in [-0.39, 0.29) is 102 Å². The number of carboxylic acid groups (broad SMARTS) is 2. The molecule has 0 rings (SSSR count). The van der Waals surface area contributed by atoms with Gasteiger partial charge in [0.05, 0.1) is 5.97 Å². The molecule has 0 aromatic rings. The van der Waals surface area contributed by atoms with E-state index in [1.807, 2.05) is 0 Å². The van der Waals surface area contributed by atoms with Crippen molar-refractivity contribution in [2.45, 2.75) is 211 Å². The van der Waals surface area contributed by atoms with Crippen LogP contribution in [0.2, 0.25) is 0 Å². The molecular weight excluding hydrogens is 693 g/mol. The Kier molecular flexibility index (Phi) is 47.4. The first-order valence-electron chi connectivity index (χ1n) is 19.8. The number of carboxylic acids is 2. The molecule has 11 heteroatoms. The topological polar surface area (TPSA) is 137 Å². The van der Waals surface area contributed by atoms with Gasteiger partial charge in [-0.3, -0.25) is 0 Å². The van der Waals surface area contributed by atoms with Crippen LogP contribution in [0.15, 0.2) is 24.3 Å². The van der Waals surface area contributed by atoms with E-state index in [1.54, 1.807) is 0 Å². The van der Waals surface area contributed by atoms with Gasteiger partial charge in [-0.1, -0.05) is 167 Å². The van der Waals surface area contributed by atoms with Crippen LogP contribution < -0.4 is 98.9 Å². The van der Waals surface area contributed by atoms with Crippen molar-refractivity contribution in [2.24, 2.45) is 5.92 Å². The number of carbonyl (C=O) groups is 2. The van der Waals surface area contributed by atoms with E-state index in [0.717, 1.165) is 77.0 Å². The Labute approximate surface area is 380 Å². The fraction of sp³-hybridized carbons (Fsp3) is 0.850. The Balaban J connectivity index is -0.00000368. The first-order chi connectivity index (χ1) is 23.1. The molecule has 0 spiro atoms. The number of unbranched alkanes of at least 4 members (excludes halogenated alkanes) is 24. The van der Waals surface area contributed by atoms with Crippen molar-refractivity contribution in [1.82, 2.24) is 0 Å². The summed E-state index contributed by atoms with van der Waals surface area (Å²) in [6, 6.07) is 0. The van der Waals surface area contributed by atoms with Crippen molar-refractivity contribution in [3.63, 3.8) is 0 Å². The van der Waals surface area contributed by atoms with Gasteiger partial charge in [-0.25, -0.2) is 8.42 Å². The monoisotopic (exact) mass is 764 g/mol. The van der Waals surface area contributed by atoms with Gasteiger partial charge in [0.25, 0.3) is 0 Å². The molecule has 0 radical (unpaired) electrons. The van der Waals surface area contributed by atoms with Gasteiger partial charge in [0.1, 0.15) is 14.9 Å². The predicted octanol–water partition coefficient (Wildman–Crippen LogP) is 0.254. The Bertz CT molecular complexity index is 960. The average molecular weight is 765 g/mol. The molecule has 2 atom stereocenters. The minimum Gasteiger partial charge on any atom is -0.747 e. The Morgan fingerprint density at radius 3 is 1.10 bits per heavy atom. The average Bonchev–Trinajstić information content (AvgIpc) is 3.03. The van der Waals surface area contributed by atoms with E-state index in [0.29, 0.717) is 19.3 Å². The third-order valence-electron chi connectivity index (χ3n) is 9.70. The smallest absolute Gasteiger partial charge is 0.747 e. The van der Waals surface area contributed by atoms with Crippen LogP contribution >= 0.6 is 0 Å². The Morgan fingerprint density at radius 2 is 0.804 bits per heavy atom. The third-order valence-corrected chi connectivity index (χ3v) is 11.3. The maximum atomic E-state index is 12.3. The predicted molar refractivity (Wildman–Crippen MR) is 194 cm³/mol. The molecule has 0 bridgehead atoms. The molecule has 0 aromatic carbocycles. The van der Waals surface area contributed by atoms with E-state index in [4.69, 9.17) is 0 Å². The van der Waals surface area contributed by atoms with Gasteiger partial charge in [-0.2, -0.15) is 0 Å². The van der Waals surface area contributed by atoms with Crippen LogP contribution in [0.1, 0.15) is 206 Å². The summed E-state index contributed by atoms with van der Waals surface area (Å²) in [7, 11) is -5.51. The van der Waals surface area contributed by atoms with Gasteiger partial charge >= 0.3 is 88.7 Å². The zero-order chi connectivity index (χ0) is 35.8. The number of rotatable bonds is 36. The minimum absolute atomic E-state index is 0. The first kappa shape index (κ1) is 59.0. The van der Waals surface area contributed by atoms with Crippen molar-refractivity contribution in [3.05, 3.63) is 24.3 Å². The van der Waals surface area contributed by atoms with E-state index in [1.165, 1.54) is 77.0 Å². The number of hydrogen-bond donors (Lipinski definition) is 0. The van der Waals surface area contributed by atoms with Crippen molar-refractivity contribution in [3.8, 4) is 0 Å². The summed E-state index contributed by atoms with van der Waals surface area (Å²) in [6.45, 7) is 4.45. The van der Waals surface area contributed by atoms with Crippen molar-refractivity contribution in [2.75, 3.05) is 0 Å². The molecule has 0 saturated heterocycles. The van der Waals surface area contributed by atoms with E-state index in [9.17, 15) is 32.8 Å². The second kappa shape index (κ2) is 41.0. The summed E-state index contributed by atoms with van der Waals surface area (Å²) in [5.41, 5.74) is 0. The van der Waals surface area contributed by atoms with Gasteiger partial charge < -0.3 is 24.4 Å². The molecule has 2 unspecified atom stereocenters. The van der Waals surface area contributed by atoms with Crippen LogP contribution in [-0.2, 0) is 19.7 Å². The SMILES string of the molecule is CCCCCCCC/C=C\CCCCCCCCC(C(=O)[O-])C(CCCCCCCC/C=C\CCCCCCCC)(C(=O)[O-])S(=O)(=O)[O-].[Na+].[Na+].[Na+]. The molecular formula is C40H71Na3O7S. The zero-order valence-corrected chi connectivity index (χ0v) is 40.7. The summed E-state index contributed by atoms with van der Waals surface area (Å²) in [4.78, 5) is 24.2. The maximum absolute atomic E-state index is 12.3. The molecule has 282 valence electrons. The molecule has 0 saturated carbocycles. The van der Waals surface area contributed by atoms with Crippen LogP contribution in [0.5, 0.6) is 0 Å². The largest absolute Gasteiger partial charge is 1.00 e. The minimum atomic E-state index is -5.51. The summed E-state index contributed by atoms with van der Waals surface area (Å²) in [6.07, 6.45) is 37.3. The van der Waals surface area contributed by atoms with E-state index < -0.39 is 39.1 Å². The molecule has 0 aromatic heterocycles. The number of hydrogen-bond acceptors (Lipinski definition) is 7. The van der Waals surface area contributed by atoms with Crippen LogP contribution in [0.4, 0.5) is 0 Å². The molecule has 0 aliphatic heterocycles. The summed E-state index contributed by atoms with van der Waals surface area (Å²) in [5, 5.41) is 24.2. The van der Waals surface area contributed by atoms with Gasteiger partial charge in [-0.15, -0.1) is 0 Å². The summed E-state index contributed by atoms with van der Waals surface area (Å²) < 4.78 is 34.0. The molecule has 0 aliphatic carbocycles. The molecule has 0 fully saturated rings. The van der Waals surface area contributed by atoms with E-state index in [2.05, 4.69) is 38.2 Å². The summed E-state index contributed by atoms with van der Waals surface area (Å²) >= 11 is 0. The molecule has 7 nitrogen and oxygen atoms in total. The summed E-state index contributed by atoms with van der Waals surface area (Å²) in [5.74, 6) is -5.86. The Hall–Kier alpha value is 1.33. The van der Waals surface area contributed by atoms with Crippen LogP contribution in [0, 0.1) is 5.92 Å². The number of allylic oxidation sites excluding steroid dienone is 4. The van der Waals surface area contributed by atoms with Crippen LogP contribution in [0.3, 0.4) is 0 Å². The van der Waals surface area contributed by atoms with Gasteiger partial charge in [0, 0.05) is 11.9 Å². The van der Waals surface area contributed by atoms with Gasteiger partial charge in [0.15, 0.2) is 0 Å². The molecule has 0 heterocycles. The van der Waals surface area contributed by atoms with Crippen molar-refractivity contribution in [1.29, 1.82) is 0 Å².